The molecule has 140 valence electrons. The standard InChI is InChI=1S/C18H19N5O4/c1-10(24)21-17-13(9-20-18(23-17)22-11(2)25)5-12-6-15(26-3)14(8-19)16(7-12)27-4/h6-7,9H,5H2,1-4H3,(H2,20,21,22,23,24,25). The monoisotopic (exact) mass is 369 g/mol. The van der Waals surface area contributed by atoms with Crippen molar-refractivity contribution in [1.82, 2.24) is 9.97 Å². The third-order valence-electron chi connectivity index (χ3n) is 3.52. The minimum absolute atomic E-state index is 0.0880. The van der Waals surface area contributed by atoms with E-state index in [0.29, 0.717) is 29.0 Å². The van der Waals surface area contributed by atoms with E-state index in [9.17, 15) is 14.9 Å². The summed E-state index contributed by atoms with van der Waals surface area (Å²) in [6, 6.07) is 5.47. The minimum Gasteiger partial charge on any atom is -0.495 e. The fraction of sp³-hybridized carbons (Fsp3) is 0.278. The first-order valence-electron chi connectivity index (χ1n) is 7.94. The van der Waals surface area contributed by atoms with Gasteiger partial charge in [0.05, 0.1) is 14.2 Å². The molecule has 1 heterocycles. The fourth-order valence-electron chi connectivity index (χ4n) is 2.43. The molecule has 0 radical (unpaired) electrons. The first kappa shape index (κ1) is 19.7. The summed E-state index contributed by atoms with van der Waals surface area (Å²) in [5, 5.41) is 14.4. The number of nitrogens with one attached hydrogen (secondary N) is 2. The second-order valence-corrected chi connectivity index (χ2v) is 5.59. The Kier molecular flexibility index (Phi) is 6.27. The maximum Gasteiger partial charge on any atom is 0.231 e. The Hall–Kier alpha value is -3.67. The molecule has 2 amide bonds. The van der Waals surface area contributed by atoms with Crippen LogP contribution in [-0.4, -0.2) is 36.0 Å². The van der Waals surface area contributed by atoms with E-state index in [1.165, 1.54) is 34.3 Å². The average Bonchev–Trinajstić information content (AvgIpc) is 2.62. The van der Waals surface area contributed by atoms with Crippen LogP contribution in [0.25, 0.3) is 0 Å². The van der Waals surface area contributed by atoms with Crippen molar-refractivity contribution >= 4 is 23.6 Å². The molecular weight excluding hydrogens is 350 g/mol. The highest BCUT2D eigenvalue weighted by atomic mass is 16.5. The molecule has 0 saturated carbocycles. The molecule has 2 aromatic rings. The Balaban J connectivity index is 2.45. The predicted octanol–water partition coefficient (Wildman–Crippen LogP) is 1.87. The van der Waals surface area contributed by atoms with E-state index in [1.807, 2.05) is 6.07 Å². The maximum absolute atomic E-state index is 11.5. The molecule has 2 N–H and O–H groups in total. The minimum atomic E-state index is -0.321. The number of carbonyl (C=O) groups excluding carboxylic acids is 2. The Morgan fingerprint density at radius 3 is 2.19 bits per heavy atom. The van der Waals surface area contributed by atoms with Crippen LogP contribution in [0.1, 0.15) is 30.5 Å². The summed E-state index contributed by atoms with van der Waals surface area (Å²) in [6.45, 7) is 2.70. The highest BCUT2D eigenvalue weighted by Crippen LogP contribution is 2.31. The van der Waals surface area contributed by atoms with Gasteiger partial charge < -0.3 is 14.8 Å². The van der Waals surface area contributed by atoms with Gasteiger partial charge >= 0.3 is 0 Å². The first-order chi connectivity index (χ1) is 12.9. The number of hydrogen-bond acceptors (Lipinski definition) is 7. The summed E-state index contributed by atoms with van der Waals surface area (Å²) in [5.74, 6) is 0.498. The summed E-state index contributed by atoms with van der Waals surface area (Å²) >= 11 is 0. The van der Waals surface area contributed by atoms with Gasteiger partial charge in [-0.1, -0.05) is 0 Å². The van der Waals surface area contributed by atoms with Crippen molar-refractivity contribution < 1.29 is 19.1 Å². The third kappa shape index (κ3) is 4.92. The Morgan fingerprint density at radius 1 is 1.11 bits per heavy atom. The van der Waals surface area contributed by atoms with E-state index < -0.39 is 0 Å². The van der Waals surface area contributed by atoms with Crippen LogP contribution in [0.15, 0.2) is 18.3 Å². The number of nitriles is 1. The van der Waals surface area contributed by atoms with Gasteiger partial charge in [0.15, 0.2) is 0 Å². The number of ether oxygens (including phenoxy) is 2. The second kappa shape index (κ2) is 8.62. The SMILES string of the molecule is COc1cc(Cc2cnc(NC(C)=O)nc2NC(C)=O)cc(OC)c1C#N. The third-order valence-corrected chi connectivity index (χ3v) is 3.52. The number of benzene rings is 1. The van der Waals surface area contributed by atoms with Crippen LogP contribution in [0.4, 0.5) is 11.8 Å². The van der Waals surface area contributed by atoms with Crippen molar-refractivity contribution in [2.75, 3.05) is 24.9 Å². The molecule has 0 bridgehead atoms. The summed E-state index contributed by atoms with van der Waals surface area (Å²) in [5.41, 5.74) is 1.68. The van der Waals surface area contributed by atoms with Crippen LogP contribution in [0.2, 0.25) is 0 Å². The topological polar surface area (TPSA) is 126 Å². The molecule has 1 aromatic heterocycles. The molecule has 0 unspecified atom stereocenters. The summed E-state index contributed by atoms with van der Waals surface area (Å²) in [6.07, 6.45) is 1.86. The van der Waals surface area contributed by atoms with Gasteiger partial charge in [-0.05, 0) is 17.7 Å². The number of anilines is 2. The van der Waals surface area contributed by atoms with Gasteiger partial charge in [-0.2, -0.15) is 10.2 Å². The Bertz CT molecular complexity index is 895. The molecular formula is C18H19N5O4. The van der Waals surface area contributed by atoms with E-state index in [1.54, 1.807) is 12.1 Å². The number of amides is 2. The largest absolute Gasteiger partial charge is 0.495 e. The summed E-state index contributed by atoms with van der Waals surface area (Å²) in [4.78, 5) is 31.0. The number of rotatable bonds is 6. The highest BCUT2D eigenvalue weighted by molar-refractivity contribution is 5.90. The lowest BCUT2D eigenvalue weighted by molar-refractivity contribution is -0.115. The molecule has 9 nitrogen and oxygen atoms in total. The van der Waals surface area contributed by atoms with E-state index >= 15 is 0 Å². The van der Waals surface area contributed by atoms with E-state index in [4.69, 9.17) is 9.47 Å². The lowest BCUT2D eigenvalue weighted by atomic mass is 10.0. The second-order valence-electron chi connectivity index (χ2n) is 5.59. The van der Waals surface area contributed by atoms with Crippen LogP contribution >= 0.6 is 0 Å². The van der Waals surface area contributed by atoms with Crippen LogP contribution in [0.3, 0.4) is 0 Å². The maximum atomic E-state index is 11.5. The first-order valence-corrected chi connectivity index (χ1v) is 7.94. The average molecular weight is 369 g/mol. The van der Waals surface area contributed by atoms with Gasteiger partial charge in [0.25, 0.3) is 0 Å². The molecule has 0 aliphatic rings. The van der Waals surface area contributed by atoms with Crippen molar-refractivity contribution in [1.29, 1.82) is 5.26 Å². The van der Waals surface area contributed by atoms with Gasteiger partial charge in [0, 0.05) is 32.0 Å². The number of carbonyl (C=O) groups is 2. The molecule has 0 aliphatic carbocycles. The van der Waals surface area contributed by atoms with Crippen molar-refractivity contribution in [3.05, 3.63) is 35.0 Å². The molecule has 9 heteroatoms. The molecule has 27 heavy (non-hydrogen) atoms. The molecule has 0 saturated heterocycles. The van der Waals surface area contributed by atoms with Gasteiger partial charge in [0.1, 0.15) is 28.9 Å². The Morgan fingerprint density at radius 2 is 1.70 bits per heavy atom. The normalized spacial score (nSPS) is 9.89. The van der Waals surface area contributed by atoms with Crippen LogP contribution in [0, 0.1) is 11.3 Å². The number of aromatic nitrogens is 2. The lowest BCUT2D eigenvalue weighted by Crippen LogP contribution is -2.15. The fourth-order valence-corrected chi connectivity index (χ4v) is 2.43. The molecule has 0 aliphatic heterocycles. The quantitative estimate of drug-likeness (QED) is 0.796. The Labute approximate surface area is 156 Å². The van der Waals surface area contributed by atoms with E-state index in [2.05, 4.69) is 20.6 Å². The van der Waals surface area contributed by atoms with Crippen LogP contribution < -0.4 is 20.1 Å². The van der Waals surface area contributed by atoms with Gasteiger partial charge in [-0.15, -0.1) is 0 Å². The van der Waals surface area contributed by atoms with Gasteiger partial charge in [0.2, 0.25) is 17.8 Å². The van der Waals surface area contributed by atoms with Gasteiger partial charge in [-0.25, -0.2) is 4.98 Å². The van der Waals surface area contributed by atoms with Crippen LogP contribution in [0.5, 0.6) is 11.5 Å². The zero-order valence-corrected chi connectivity index (χ0v) is 15.4. The smallest absolute Gasteiger partial charge is 0.231 e. The van der Waals surface area contributed by atoms with E-state index in [-0.39, 0.29) is 23.6 Å². The molecule has 0 atom stereocenters. The van der Waals surface area contributed by atoms with Crippen molar-refractivity contribution in [2.24, 2.45) is 0 Å². The van der Waals surface area contributed by atoms with Crippen molar-refractivity contribution in [3.8, 4) is 17.6 Å². The molecule has 2 rings (SSSR count). The van der Waals surface area contributed by atoms with Crippen LogP contribution in [-0.2, 0) is 16.0 Å². The molecule has 0 spiro atoms. The molecule has 0 fully saturated rings. The lowest BCUT2D eigenvalue weighted by Gasteiger charge is -2.13. The molecule has 1 aromatic carbocycles. The van der Waals surface area contributed by atoms with Gasteiger partial charge in [-0.3, -0.25) is 14.9 Å². The highest BCUT2D eigenvalue weighted by Gasteiger charge is 2.15. The summed E-state index contributed by atoms with van der Waals surface area (Å²) in [7, 11) is 2.93. The predicted molar refractivity (Wildman–Crippen MR) is 97.7 cm³/mol. The zero-order chi connectivity index (χ0) is 20.0. The summed E-state index contributed by atoms with van der Waals surface area (Å²) < 4.78 is 10.5. The number of hydrogen-bond donors (Lipinski definition) is 2. The zero-order valence-electron chi connectivity index (χ0n) is 15.4. The van der Waals surface area contributed by atoms with Crippen molar-refractivity contribution in [2.45, 2.75) is 20.3 Å². The number of nitrogens with zero attached hydrogens (tertiary/aromatic N) is 3. The number of methoxy groups -OCH3 is 2. The van der Waals surface area contributed by atoms with E-state index in [0.717, 1.165) is 5.56 Å². The van der Waals surface area contributed by atoms with Crippen molar-refractivity contribution in [3.63, 3.8) is 0 Å².